The van der Waals surface area contributed by atoms with Crippen molar-refractivity contribution < 1.29 is 17.6 Å². The van der Waals surface area contributed by atoms with E-state index in [-0.39, 0.29) is 11.5 Å². The molecule has 0 atom stereocenters. The number of anilines is 1. The topological polar surface area (TPSA) is 64.9 Å². The van der Waals surface area contributed by atoms with Crippen LogP contribution >= 0.6 is 15.9 Å². The number of rotatable bonds is 1. The molecule has 2 aromatic heterocycles. The van der Waals surface area contributed by atoms with Crippen LogP contribution in [0.1, 0.15) is 5.69 Å². The van der Waals surface area contributed by atoms with Gasteiger partial charge in [-0.25, -0.2) is 9.97 Å². The molecule has 8 heteroatoms. The molecule has 2 rings (SSSR count). The summed E-state index contributed by atoms with van der Waals surface area (Å²) in [6.07, 6.45) is -3.25. The fourth-order valence-electron chi connectivity index (χ4n) is 1.20. The van der Waals surface area contributed by atoms with E-state index in [2.05, 4.69) is 25.9 Å². The van der Waals surface area contributed by atoms with Crippen molar-refractivity contribution in [2.24, 2.45) is 0 Å². The quantitative estimate of drug-likeness (QED) is 0.879. The molecule has 90 valence electrons. The summed E-state index contributed by atoms with van der Waals surface area (Å²) in [5.41, 5.74) is 4.10. The Morgan fingerprint density at radius 3 is 2.53 bits per heavy atom. The van der Waals surface area contributed by atoms with Crippen LogP contribution in [-0.2, 0) is 6.18 Å². The van der Waals surface area contributed by atoms with E-state index in [1.807, 2.05) is 0 Å². The summed E-state index contributed by atoms with van der Waals surface area (Å²) in [5, 5.41) is 0. The van der Waals surface area contributed by atoms with Gasteiger partial charge in [0.1, 0.15) is 5.69 Å². The standard InChI is InChI=1S/C9H5BrF3N3O/c10-4-1-2-17-7(4)5-3-6(9(11,12)13)16-8(14)15-5/h1-3H,(H2,14,15,16). The molecule has 0 aromatic carbocycles. The van der Waals surface area contributed by atoms with Gasteiger partial charge in [0.15, 0.2) is 11.5 Å². The van der Waals surface area contributed by atoms with E-state index in [4.69, 9.17) is 10.2 Å². The van der Waals surface area contributed by atoms with Gasteiger partial charge in [-0.2, -0.15) is 13.2 Å². The van der Waals surface area contributed by atoms with E-state index < -0.39 is 17.8 Å². The molecular weight excluding hydrogens is 303 g/mol. The van der Waals surface area contributed by atoms with Gasteiger partial charge < -0.3 is 10.2 Å². The summed E-state index contributed by atoms with van der Waals surface area (Å²) < 4.78 is 43.0. The molecule has 0 aliphatic carbocycles. The summed E-state index contributed by atoms with van der Waals surface area (Å²) in [6.45, 7) is 0. The Morgan fingerprint density at radius 1 is 1.29 bits per heavy atom. The first kappa shape index (κ1) is 11.9. The summed E-state index contributed by atoms with van der Waals surface area (Å²) in [4.78, 5) is 6.82. The fourth-order valence-corrected chi connectivity index (χ4v) is 1.61. The normalized spacial score (nSPS) is 11.8. The molecule has 2 aromatic rings. The first-order chi connectivity index (χ1) is 7.88. The number of furan rings is 1. The lowest BCUT2D eigenvalue weighted by Gasteiger charge is -2.07. The van der Waals surface area contributed by atoms with E-state index in [1.54, 1.807) is 6.07 Å². The summed E-state index contributed by atoms with van der Waals surface area (Å²) >= 11 is 3.13. The van der Waals surface area contributed by atoms with Crippen molar-refractivity contribution in [2.75, 3.05) is 5.73 Å². The Bertz CT molecular complexity index is 553. The highest BCUT2D eigenvalue weighted by Gasteiger charge is 2.34. The maximum absolute atomic E-state index is 12.5. The zero-order valence-corrected chi connectivity index (χ0v) is 9.71. The minimum absolute atomic E-state index is 0.0262. The van der Waals surface area contributed by atoms with Crippen molar-refractivity contribution in [1.29, 1.82) is 0 Å². The largest absolute Gasteiger partial charge is 0.461 e. The van der Waals surface area contributed by atoms with Gasteiger partial charge in [0.25, 0.3) is 0 Å². The van der Waals surface area contributed by atoms with Gasteiger partial charge in [-0.05, 0) is 28.1 Å². The highest BCUT2D eigenvalue weighted by molar-refractivity contribution is 9.10. The number of halogens is 4. The molecule has 0 spiro atoms. The Balaban J connectivity index is 2.57. The maximum atomic E-state index is 12.5. The van der Waals surface area contributed by atoms with Crippen molar-refractivity contribution in [3.05, 3.63) is 28.6 Å². The Morgan fingerprint density at radius 2 is 2.00 bits per heavy atom. The highest BCUT2D eigenvalue weighted by atomic mass is 79.9. The van der Waals surface area contributed by atoms with Crippen LogP contribution in [-0.4, -0.2) is 9.97 Å². The first-order valence-electron chi connectivity index (χ1n) is 4.33. The summed E-state index contributed by atoms with van der Waals surface area (Å²) in [5.74, 6) is -0.289. The molecule has 17 heavy (non-hydrogen) atoms. The molecule has 0 radical (unpaired) electrons. The molecule has 0 bridgehead atoms. The molecule has 0 aliphatic rings. The molecule has 2 heterocycles. The Labute approximate surface area is 102 Å². The highest BCUT2D eigenvalue weighted by Crippen LogP contribution is 2.33. The third-order valence-electron chi connectivity index (χ3n) is 1.88. The second-order valence-corrected chi connectivity index (χ2v) is 3.95. The molecule has 0 saturated heterocycles. The van der Waals surface area contributed by atoms with Gasteiger partial charge in [0.05, 0.1) is 10.7 Å². The first-order valence-corrected chi connectivity index (χ1v) is 5.12. The lowest BCUT2D eigenvalue weighted by molar-refractivity contribution is -0.141. The summed E-state index contributed by atoms with van der Waals surface area (Å²) in [6, 6.07) is 2.32. The number of nitrogens with two attached hydrogens (primary N) is 1. The average molecular weight is 308 g/mol. The van der Waals surface area contributed by atoms with Crippen LogP contribution in [0.2, 0.25) is 0 Å². The Kier molecular flexibility index (Phi) is 2.82. The van der Waals surface area contributed by atoms with Crippen LogP contribution < -0.4 is 5.73 Å². The van der Waals surface area contributed by atoms with E-state index >= 15 is 0 Å². The van der Waals surface area contributed by atoms with Crippen molar-refractivity contribution in [1.82, 2.24) is 9.97 Å². The molecule has 0 saturated carbocycles. The Hall–Kier alpha value is -1.57. The second kappa shape index (κ2) is 4.02. The smallest absolute Gasteiger partial charge is 0.433 e. The fraction of sp³-hybridized carbons (Fsp3) is 0.111. The van der Waals surface area contributed by atoms with Crippen molar-refractivity contribution >= 4 is 21.9 Å². The van der Waals surface area contributed by atoms with Crippen molar-refractivity contribution in [3.63, 3.8) is 0 Å². The van der Waals surface area contributed by atoms with Crippen molar-refractivity contribution in [3.8, 4) is 11.5 Å². The lowest BCUT2D eigenvalue weighted by Crippen LogP contribution is -2.11. The minimum atomic E-state index is -4.58. The van der Waals surface area contributed by atoms with E-state index in [0.717, 1.165) is 6.07 Å². The van der Waals surface area contributed by atoms with Gasteiger partial charge in [-0.1, -0.05) is 0 Å². The van der Waals surface area contributed by atoms with Crippen molar-refractivity contribution in [2.45, 2.75) is 6.18 Å². The minimum Gasteiger partial charge on any atom is -0.461 e. The number of alkyl halides is 3. The molecule has 0 aliphatic heterocycles. The predicted octanol–water partition coefficient (Wildman–Crippen LogP) is 3.10. The molecule has 2 N–H and O–H groups in total. The number of nitrogen functional groups attached to an aromatic ring is 1. The number of hydrogen-bond donors (Lipinski definition) is 1. The average Bonchev–Trinajstić information content (AvgIpc) is 2.62. The maximum Gasteiger partial charge on any atom is 0.433 e. The molecule has 4 nitrogen and oxygen atoms in total. The SMILES string of the molecule is Nc1nc(-c2occc2Br)cc(C(F)(F)F)n1. The van der Waals surface area contributed by atoms with Gasteiger partial charge in [0, 0.05) is 0 Å². The zero-order valence-electron chi connectivity index (χ0n) is 8.12. The summed E-state index contributed by atoms with van der Waals surface area (Å²) in [7, 11) is 0. The third-order valence-corrected chi connectivity index (χ3v) is 2.51. The molecular formula is C9H5BrF3N3O. The lowest BCUT2D eigenvalue weighted by atomic mass is 10.2. The van der Waals surface area contributed by atoms with Crippen LogP contribution in [0.4, 0.5) is 19.1 Å². The van der Waals surface area contributed by atoms with Gasteiger partial charge >= 0.3 is 6.18 Å². The van der Waals surface area contributed by atoms with Crippen LogP contribution in [0.25, 0.3) is 11.5 Å². The monoisotopic (exact) mass is 307 g/mol. The third kappa shape index (κ3) is 2.41. The van der Waals surface area contributed by atoms with Crippen LogP contribution in [0.15, 0.2) is 27.3 Å². The number of nitrogens with zero attached hydrogens (tertiary/aromatic N) is 2. The second-order valence-electron chi connectivity index (χ2n) is 3.09. The van der Waals surface area contributed by atoms with Crippen LogP contribution in [0, 0.1) is 0 Å². The predicted molar refractivity (Wildman–Crippen MR) is 56.8 cm³/mol. The van der Waals surface area contributed by atoms with Crippen LogP contribution in [0.5, 0.6) is 0 Å². The number of aromatic nitrogens is 2. The molecule has 0 fully saturated rings. The van der Waals surface area contributed by atoms with E-state index in [1.165, 1.54) is 6.26 Å². The number of hydrogen-bond acceptors (Lipinski definition) is 4. The molecule has 0 amide bonds. The zero-order chi connectivity index (χ0) is 12.6. The van der Waals surface area contributed by atoms with Gasteiger partial charge in [0.2, 0.25) is 5.95 Å². The molecule has 0 unspecified atom stereocenters. The van der Waals surface area contributed by atoms with Gasteiger partial charge in [-0.15, -0.1) is 0 Å². The van der Waals surface area contributed by atoms with E-state index in [0.29, 0.717) is 4.47 Å². The van der Waals surface area contributed by atoms with Gasteiger partial charge in [-0.3, -0.25) is 0 Å². The van der Waals surface area contributed by atoms with E-state index in [9.17, 15) is 13.2 Å². The van der Waals surface area contributed by atoms with Crippen LogP contribution in [0.3, 0.4) is 0 Å².